The van der Waals surface area contributed by atoms with Gasteiger partial charge in [-0.1, -0.05) is 39.8 Å². The molecule has 0 bridgehead atoms. The number of alkyl halides is 2. The molecule has 0 unspecified atom stereocenters. The second kappa shape index (κ2) is 8.05. The van der Waals surface area contributed by atoms with Crippen LogP contribution in [0.1, 0.15) is 63.8 Å². The number of aromatic nitrogens is 1. The van der Waals surface area contributed by atoms with Gasteiger partial charge in [0.15, 0.2) is 11.5 Å². The summed E-state index contributed by atoms with van der Waals surface area (Å²) in [6.45, 7) is 8.95. The minimum absolute atomic E-state index is 0.0141. The number of ether oxygens (including phenoxy) is 2. The Hall–Kier alpha value is -2.93. The average Bonchev–Trinajstić information content (AvgIpc) is 3.42. The van der Waals surface area contributed by atoms with E-state index in [1.54, 1.807) is 6.07 Å². The van der Waals surface area contributed by atoms with Gasteiger partial charge in [-0.3, -0.25) is 4.79 Å². The van der Waals surface area contributed by atoms with E-state index in [1.807, 2.05) is 25.1 Å². The molecule has 1 aliphatic carbocycles. The van der Waals surface area contributed by atoms with Gasteiger partial charge in [-0.2, -0.15) is 0 Å². The molecule has 5 rings (SSSR count). The molecule has 1 aliphatic heterocycles. The molecule has 2 heterocycles. The van der Waals surface area contributed by atoms with E-state index in [0.29, 0.717) is 31.4 Å². The number of carbonyl (C=O) groups is 1. The number of rotatable bonds is 7. The van der Waals surface area contributed by atoms with Crippen molar-refractivity contribution in [2.45, 2.75) is 83.2 Å². The van der Waals surface area contributed by atoms with Crippen LogP contribution >= 0.6 is 0 Å². The van der Waals surface area contributed by atoms with Crippen molar-refractivity contribution in [2.24, 2.45) is 0 Å². The average molecular weight is 484 g/mol. The summed E-state index contributed by atoms with van der Waals surface area (Å²) in [5, 5.41) is 11.4. The quantitative estimate of drug-likeness (QED) is 0.456. The van der Waals surface area contributed by atoms with E-state index in [2.05, 4.69) is 40.9 Å². The molecule has 3 aromatic rings. The first kappa shape index (κ1) is 23.8. The van der Waals surface area contributed by atoms with Crippen molar-refractivity contribution in [2.75, 3.05) is 0 Å². The van der Waals surface area contributed by atoms with Crippen molar-refractivity contribution in [1.29, 1.82) is 0 Å². The van der Waals surface area contributed by atoms with Gasteiger partial charge in [0.1, 0.15) is 5.78 Å². The van der Waals surface area contributed by atoms with Crippen molar-refractivity contribution in [3.05, 3.63) is 59.3 Å². The van der Waals surface area contributed by atoms with Crippen LogP contribution in [-0.4, -0.2) is 27.9 Å². The van der Waals surface area contributed by atoms with E-state index >= 15 is 0 Å². The molecule has 7 heteroatoms. The number of fused-ring (bicyclic) bond motifs is 2. The summed E-state index contributed by atoms with van der Waals surface area (Å²) in [6, 6.07) is 12.8. The van der Waals surface area contributed by atoms with Crippen molar-refractivity contribution in [3.8, 4) is 11.5 Å². The Balaban J connectivity index is 1.42. The number of benzene rings is 2. The second-order valence-corrected chi connectivity index (χ2v) is 10.9. The third-order valence-electron chi connectivity index (χ3n) is 7.20. The first-order valence-corrected chi connectivity index (χ1v) is 12.2. The lowest BCUT2D eigenvalue weighted by molar-refractivity contribution is -0.286. The third-order valence-corrected chi connectivity index (χ3v) is 7.20. The fourth-order valence-corrected chi connectivity index (χ4v) is 5.04. The lowest BCUT2D eigenvalue weighted by Gasteiger charge is -2.23. The summed E-state index contributed by atoms with van der Waals surface area (Å²) in [5.41, 5.74) is 3.01. The predicted molar refractivity (Wildman–Crippen MR) is 129 cm³/mol. The SMILES string of the molecule is CC[C@H](O)Cn1c(C(C)(C)C)cc2cc(CC(=O)C3(c4ccc5c(c4)OC(F)(F)O5)CC3)ccc21. The Morgan fingerprint density at radius 2 is 1.80 bits per heavy atom. The highest BCUT2D eigenvalue weighted by Crippen LogP contribution is 2.52. The smallest absolute Gasteiger partial charge is 0.395 e. The number of carbonyl (C=O) groups excluding carboxylic acids is 1. The van der Waals surface area contributed by atoms with Crippen LogP contribution in [0.4, 0.5) is 8.78 Å². The van der Waals surface area contributed by atoms with Crippen molar-refractivity contribution >= 4 is 16.7 Å². The zero-order chi connectivity index (χ0) is 25.2. The Bertz CT molecular complexity index is 1300. The number of ketones is 1. The molecule has 1 saturated carbocycles. The van der Waals surface area contributed by atoms with Crippen molar-refractivity contribution in [3.63, 3.8) is 0 Å². The lowest BCUT2D eigenvalue weighted by atomic mass is 9.87. The number of halogens is 2. The minimum atomic E-state index is -3.67. The number of aliphatic hydroxyl groups excluding tert-OH is 1. The molecule has 1 atom stereocenters. The lowest BCUT2D eigenvalue weighted by Crippen LogP contribution is -2.26. The summed E-state index contributed by atoms with van der Waals surface area (Å²) >= 11 is 0. The van der Waals surface area contributed by atoms with Crippen LogP contribution < -0.4 is 9.47 Å². The van der Waals surface area contributed by atoms with Gasteiger partial charge in [0, 0.05) is 35.0 Å². The normalized spacial score (nSPS) is 18.6. The fourth-order valence-electron chi connectivity index (χ4n) is 5.04. The van der Waals surface area contributed by atoms with E-state index < -0.39 is 17.8 Å². The highest BCUT2D eigenvalue weighted by Gasteiger charge is 2.52. The van der Waals surface area contributed by atoms with E-state index in [-0.39, 0.29) is 29.1 Å². The van der Waals surface area contributed by atoms with E-state index in [1.165, 1.54) is 12.1 Å². The molecule has 2 aliphatic rings. The molecule has 0 amide bonds. The zero-order valence-corrected chi connectivity index (χ0v) is 20.5. The molecule has 0 radical (unpaired) electrons. The highest BCUT2D eigenvalue weighted by molar-refractivity contribution is 5.95. The summed E-state index contributed by atoms with van der Waals surface area (Å²) in [6.07, 6.45) is -1.80. The molecule has 35 heavy (non-hydrogen) atoms. The zero-order valence-electron chi connectivity index (χ0n) is 20.5. The van der Waals surface area contributed by atoms with Gasteiger partial charge in [-0.15, -0.1) is 8.78 Å². The molecule has 1 N–H and O–H groups in total. The van der Waals surface area contributed by atoms with Gasteiger partial charge in [0.2, 0.25) is 0 Å². The first-order valence-electron chi connectivity index (χ1n) is 12.2. The van der Waals surface area contributed by atoms with Gasteiger partial charge < -0.3 is 19.1 Å². The van der Waals surface area contributed by atoms with Crippen LogP contribution in [-0.2, 0) is 28.6 Å². The highest BCUT2D eigenvalue weighted by atomic mass is 19.3. The van der Waals surface area contributed by atoms with Gasteiger partial charge in [-0.25, -0.2) is 0 Å². The molecular weight excluding hydrogens is 452 g/mol. The summed E-state index contributed by atoms with van der Waals surface area (Å²) in [7, 11) is 0. The van der Waals surface area contributed by atoms with E-state index in [0.717, 1.165) is 22.2 Å². The summed E-state index contributed by atoms with van der Waals surface area (Å²) in [5.74, 6) is 0.0254. The maximum Gasteiger partial charge on any atom is 0.586 e. The van der Waals surface area contributed by atoms with Crippen LogP contribution in [0.15, 0.2) is 42.5 Å². The number of Topliss-reactive ketones (excluding diaryl/α,β-unsaturated/α-hetero) is 1. The largest absolute Gasteiger partial charge is 0.586 e. The van der Waals surface area contributed by atoms with Crippen LogP contribution in [0, 0.1) is 0 Å². The molecule has 186 valence electrons. The Morgan fingerprint density at radius 3 is 2.46 bits per heavy atom. The Morgan fingerprint density at radius 1 is 1.09 bits per heavy atom. The Labute approximate surface area is 203 Å². The van der Waals surface area contributed by atoms with Gasteiger partial charge >= 0.3 is 6.29 Å². The Kier molecular flexibility index (Phi) is 5.47. The third kappa shape index (κ3) is 4.31. The van der Waals surface area contributed by atoms with Crippen LogP contribution in [0.25, 0.3) is 10.9 Å². The summed E-state index contributed by atoms with van der Waals surface area (Å²) in [4.78, 5) is 13.4. The van der Waals surface area contributed by atoms with Crippen molar-refractivity contribution < 1.29 is 28.2 Å². The summed E-state index contributed by atoms with van der Waals surface area (Å²) < 4.78 is 38.1. The van der Waals surface area contributed by atoms with E-state index in [4.69, 9.17) is 0 Å². The van der Waals surface area contributed by atoms with Crippen LogP contribution in [0.3, 0.4) is 0 Å². The molecule has 2 aromatic carbocycles. The molecule has 0 spiro atoms. The number of nitrogens with zero attached hydrogens (tertiary/aromatic N) is 1. The number of aliphatic hydroxyl groups is 1. The monoisotopic (exact) mass is 483 g/mol. The van der Waals surface area contributed by atoms with Gasteiger partial charge in [0.05, 0.1) is 11.5 Å². The second-order valence-electron chi connectivity index (χ2n) is 10.9. The van der Waals surface area contributed by atoms with E-state index in [9.17, 15) is 18.7 Å². The molecule has 5 nitrogen and oxygen atoms in total. The number of hydrogen-bond acceptors (Lipinski definition) is 4. The molecule has 1 fully saturated rings. The fraction of sp³-hybridized carbons (Fsp3) is 0.464. The standard InChI is InChI=1S/C28H31F2NO4/c1-5-20(32)16-31-21-8-6-17(12-18(21)14-24(31)26(2,3)4)13-25(33)27(10-11-27)19-7-9-22-23(15-19)35-28(29,30)34-22/h6-9,12,14-15,20,32H,5,10-11,13,16H2,1-4H3/t20-/m0/s1. The van der Waals surface area contributed by atoms with Crippen LogP contribution in [0.2, 0.25) is 0 Å². The number of hydrogen-bond donors (Lipinski definition) is 1. The van der Waals surface area contributed by atoms with Crippen LogP contribution in [0.5, 0.6) is 11.5 Å². The molecule has 0 saturated heterocycles. The minimum Gasteiger partial charge on any atom is -0.395 e. The first-order chi connectivity index (χ1) is 16.4. The molecule has 1 aromatic heterocycles. The van der Waals surface area contributed by atoms with Gasteiger partial charge in [-0.05, 0) is 60.7 Å². The van der Waals surface area contributed by atoms with Crippen molar-refractivity contribution in [1.82, 2.24) is 4.57 Å². The predicted octanol–water partition coefficient (Wildman–Crippen LogP) is 5.87. The maximum atomic E-state index is 13.4. The molecular formula is C28H31F2NO4. The topological polar surface area (TPSA) is 60.7 Å². The van der Waals surface area contributed by atoms with Gasteiger partial charge in [0.25, 0.3) is 0 Å². The maximum absolute atomic E-state index is 13.4.